The van der Waals surface area contributed by atoms with Crippen LogP contribution < -0.4 is 5.32 Å². The minimum Gasteiger partial charge on any atom is -0.338 e. The molecule has 4 rings (SSSR count). The third-order valence-electron chi connectivity index (χ3n) is 5.88. The van der Waals surface area contributed by atoms with Crippen LogP contribution in [0.4, 0.5) is 13.2 Å². The van der Waals surface area contributed by atoms with E-state index in [-0.39, 0.29) is 24.9 Å². The number of hydrogen-bond acceptors (Lipinski definition) is 3. The van der Waals surface area contributed by atoms with Crippen LogP contribution in [0.3, 0.4) is 0 Å². The summed E-state index contributed by atoms with van der Waals surface area (Å²) in [6.45, 7) is 1.17. The van der Waals surface area contributed by atoms with E-state index in [4.69, 9.17) is 0 Å². The Bertz CT molecular complexity index is 938. The first-order chi connectivity index (χ1) is 14.3. The number of alkyl halides is 3. The van der Waals surface area contributed by atoms with Crippen molar-refractivity contribution < 1.29 is 22.8 Å². The van der Waals surface area contributed by atoms with E-state index in [1.807, 2.05) is 18.2 Å². The Morgan fingerprint density at radius 3 is 2.40 bits per heavy atom. The van der Waals surface area contributed by atoms with Crippen LogP contribution in [-0.4, -0.2) is 46.9 Å². The Morgan fingerprint density at radius 1 is 1.03 bits per heavy atom. The second kappa shape index (κ2) is 7.75. The highest BCUT2D eigenvalue weighted by atomic mass is 19.4. The van der Waals surface area contributed by atoms with E-state index in [0.717, 1.165) is 12.1 Å². The number of likely N-dealkylation sites (tertiary alicyclic amines) is 1. The summed E-state index contributed by atoms with van der Waals surface area (Å²) < 4.78 is 39.1. The Balaban J connectivity index is 1.48. The van der Waals surface area contributed by atoms with Gasteiger partial charge in [-0.3, -0.25) is 14.9 Å². The highest BCUT2D eigenvalue weighted by Crippen LogP contribution is 2.34. The summed E-state index contributed by atoms with van der Waals surface area (Å²) >= 11 is 0. The molecule has 0 radical (unpaired) electrons. The summed E-state index contributed by atoms with van der Waals surface area (Å²) in [7, 11) is 0. The number of piperidine rings is 1. The third kappa shape index (κ3) is 3.92. The van der Waals surface area contributed by atoms with Gasteiger partial charge in [-0.25, -0.2) is 0 Å². The quantitative estimate of drug-likeness (QED) is 0.834. The van der Waals surface area contributed by atoms with E-state index in [1.165, 1.54) is 6.07 Å². The second-order valence-electron chi connectivity index (χ2n) is 7.72. The van der Waals surface area contributed by atoms with Gasteiger partial charge in [0.05, 0.1) is 17.8 Å². The molecule has 5 nitrogen and oxygen atoms in total. The molecule has 2 aromatic rings. The van der Waals surface area contributed by atoms with Gasteiger partial charge in [0.15, 0.2) is 0 Å². The van der Waals surface area contributed by atoms with E-state index in [0.29, 0.717) is 37.1 Å². The predicted molar refractivity (Wildman–Crippen MR) is 104 cm³/mol. The SMILES string of the molecule is O=C(c1ccccc1)N1CCC2(CC1)NCC(=O)N2Cc1cccc(C(F)(F)F)c1. The number of rotatable bonds is 3. The van der Waals surface area contributed by atoms with Crippen molar-refractivity contribution in [3.8, 4) is 0 Å². The number of carbonyl (C=O) groups is 2. The van der Waals surface area contributed by atoms with Crippen LogP contribution >= 0.6 is 0 Å². The lowest BCUT2D eigenvalue weighted by Crippen LogP contribution is -2.59. The molecule has 30 heavy (non-hydrogen) atoms. The molecule has 1 spiro atoms. The molecule has 0 aromatic heterocycles. The average molecular weight is 417 g/mol. The van der Waals surface area contributed by atoms with Gasteiger partial charge in [-0.1, -0.05) is 30.3 Å². The fraction of sp³-hybridized carbons (Fsp3) is 0.364. The van der Waals surface area contributed by atoms with Gasteiger partial charge in [0, 0.05) is 38.0 Å². The highest BCUT2D eigenvalue weighted by molar-refractivity contribution is 5.94. The van der Waals surface area contributed by atoms with E-state index in [9.17, 15) is 22.8 Å². The molecule has 0 aliphatic carbocycles. The van der Waals surface area contributed by atoms with E-state index < -0.39 is 17.4 Å². The van der Waals surface area contributed by atoms with E-state index in [2.05, 4.69) is 5.32 Å². The molecular formula is C22H22F3N3O2. The third-order valence-corrected chi connectivity index (χ3v) is 5.88. The van der Waals surface area contributed by atoms with Gasteiger partial charge in [-0.2, -0.15) is 13.2 Å². The van der Waals surface area contributed by atoms with Crippen LogP contribution in [0, 0.1) is 0 Å². The average Bonchev–Trinajstić information content (AvgIpc) is 3.04. The molecule has 0 unspecified atom stereocenters. The second-order valence-corrected chi connectivity index (χ2v) is 7.72. The maximum absolute atomic E-state index is 13.0. The summed E-state index contributed by atoms with van der Waals surface area (Å²) in [6, 6.07) is 14.1. The monoisotopic (exact) mass is 417 g/mol. The normalized spacial score (nSPS) is 18.8. The number of benzene rings is 2. The number of hydrogen-bond donors (Lipinski definition) is 1. The Morgan fingerprint density at radius 2 is 1.73 bits per heavy atom. The zero-order chi connectivity index (χ0) is 21.4. The van der Waals surface area contributed by atoms with Gasteiger partial charge >= 0.3 is 6.18 Å². The van der Waals surface area contributed by atoms with Gasteiger partial charge in [-0.15, -0.1) is 0 Å². The molecule has 0 bridgehead atoms. The van der Waals surface area contributed by atoms with Crippen molar-refractivity contribution in [3.63, 3.8) is 0 Å². The van der Waals surface area contributed by atoms with Gasteiger partial charge in [0.2, 0.25) is 5.91 Å². The number of halogens is 3. The zero-order valence-electron chi connectivity index (χ0n) is 16.3. The van der Waals surface area contributed by atoms with Crippen molar-refractivity contribution in [1.29, 1.82) is 0 Å². The van der Waals surface area contributed by atoms with Crippen LogP contribution in [0.5, 0.6) is 0 Å². The van der Waals surface area contributed by atoms with E-state index in [1.54, 1.807) is 28.0 Å². The summed E-state index contributed by atoms with van der Waals surface area (Å²) in [5.41, 5.74) is -0.315. The molecule has 2 saturated heterocycles. The van der Waals surface area contributed by atoms with Gasteiger partial charge < -0.3 is 9.80 Å². The van der Waals surface area contributed by atoms with Gasteiger partial charge in [0.25, 0.3) is 5.91 Å². The van der Waals surface area contributed by atoms with Crippen LogP contribution in [-0.2, 0) is 17.5 Å². The van der Waals surface area contributed by atoms with Crippen molar-refractivity contribution in [2.24, 2.45) is 0 Å². The van der Waals surface area contributed by atoms with Gasteiger partial charge in [0.1, 0.15) is 0 Å². The lowest BCUT2D eigenvalue weighted by atomic mass is 9.94. The van der Waals surface area contributed by atoms with Crippen LogP contribution in [0.15, 0.2) is 54.6 Å². The number of carbonyl (C=O) groups excluding carboxylic acids is 2. The molecule has 1 N–H and O–H groups in total. The van der Waals surface area contributed by atoms with Crippen LogP contribution in [0.2, 0.25) is 0 Å². The zero-order valence-corrected chi connectivity index (χ0v) is 16.3. The Hall–Kier alpha value is -2.87. The Labute approximate surface area is 172 Å². The van der Waals surface area contributed by atoms with Crippen molar-refractivity contribution in [1.82, 2.24) is 15.1 Å². The lowest BCUT2D eigenvalue weighted by Gasteiger charge is -2.44. The summed E-state index contributed by atoms with van der Waals surface area (Å²) in [5, 5.41) is 3.25. The molecule has 2 aliphatic rings. The standard InChI is InChI=1S/C22H22F3N3O2/c23-22(24,25)18-8-4-5-16(13-18)15-28-19(29)14-26-21(28)9-11-27(12-10-21)20(30)17-6-2-1-3-7-17/h1-8,13,26H,9-12,14-15H2. The van der Waals surface area contributed by atoms with Crippen LogP contribution in [0.1, 0.15) is 34.3 Å². The fourth-order valence-corrected chi connectivity index (χ4v) is 4.23. The summed E-state index contributed by atoms with van der Waals surface area (Å²) in [6.07, 6.45) is -3.38. The number of nitrogens with one attached hydrogen (secondary N) is 1. The first kappa shape index (κ1) is 20.4. The Kier molecular flexibility index (Phi) is 5.27. The molecule has 2 amide bonds. The summed E-state index contributed by atoms with van der Waals surface area (Å²) in [4.78, 5) is 28.6. The molecule has 158 valence electrons. The first-order valence-electron chi connectivity index (χ1n) is 9.84. The van der Waals surface area contributed by atoms with Crippen molar-refractivity contribution >= 4 is 11.8 Å². The minimum atomic E-state index is -4.43. The van der Waals surface area contributed by atoms with E-state index >= 15 is 0 Å². The largest absolute Gasteiger partial charge is 0.416 e. The molecule has 2 aliphatic heterocycles. The molecule has 0 saturated carbocycles. The molecule has 2 aromatic carbocycles. The van der Waals surface area contributed by atoms with Crippen LogP contribution in [0.25, 0.3) is 0 Å². The maximum atomic E-state index is 13.0. The molecular weight excluding hydrogens is 395 g/mol. The fourth-order valence-electron chi connectivity index (χ4n) is 4.23. The summed E-state index contributed by atoms with van der Waals surface area (Å²) in [5.74, 6) is -0.200. The molecule has 8 heteroatoms. The van der Waals surface area contributed by atoms with Gasteiger partial charge in [-0.05, 0) is 29.8 Å². The maximum Gasteiger partial charge on any atom is 0.416 e. The van der Waals surface area contributed by atoms with Crippen molar-refractivity contribution in [2.45, 2.75) is 31.2 Å². The predicted octanol–water partition coefficient (Wildman–Crippen LogP) is 3.27. The topological polar surface area (TPSA) is 52.7 Å². The molecule has 0 atom stereocenters. The smallest absolute Gasteiger partial charge is 0.338 e. The number of nitrogens with zero attached hydrogens (tertiary/aromatic N) is 2. The molecule has 2 fully saturated rings. The van der Waals surface area contributed by atoms with Crippen molar-refractivity contribution in [3.05, 3.63) is 71.3 Å². The minimum absolute atomic E-state index is 0.0563. The molecule has 2 heterocycles. The van der Waals surface area contributed by atoms with Crippen molar-refractivity contribution in [2.75, 3.05) is 19.6 Å². The highest BCUT2D eigenvalue weighted by Gasteiger charge is 2.47. The number of amides is 2. The lowest BCUT2D eigenvalue weighted by molar-refractivity contribution is -0.137. The first-order valence-corrected chi connectivity index (χ1v) is 9.84.